The molecule has 5 nitrogen and oxygen atoms in total. The largest absolute Gasteiger partial charge is 0.394 e. The molecular formula is C8H14N4OS. The summed E-state index contributed by atoms with van der Waals surface area (Å²) in [7, 11) is 0. The third kappa shape index (κ3) is 2.08. The molecule has 0 saturated carbocycles. The van der Waals surface area contributed by atoms with Gasteiger partial charge in [-0.3, -0.25) is 5.32 Å². The second kappa shape index (κ2) is 4.29. The Hall–Kier alpha value is -0.590. The SMILES string of the molecule is CC1CSC(c2cn(CCO)nn2)N1. The normalized spacial score (nSPS) is 27.0. The molecule has 2 atom stereocenters. The van der Waals surface area contributed by atoms with Gasteiger partial charge in [-0.2, -0.15) is 0 Å². The third-order valence-electron chi connectivity index (χ3n) is 2.10. The Bertz CT molecular complexity index is 303. The smallest absolute Gasteiger partial charge is 0.110 e. The molecule has 0 bridgehead atoms. The van der Waals surface area contributed by atoms with Crippen molar-refractivity contribution in [2.45, 2.75) is 24.9 Å². The Morgan fingerprint density at radius 3 is 3.29 bits per heavy atom. The molecule has 1 aliphatic rings. The van der Waals surface area contributed by atoms with E-state index in [-0.39, 0.29) is 12.0 Å². The number of nitrogens with zero attached hydrogens (tertiary/aromatic N) is 3. The average molecular weight is 214 g/mol. The van der Waals surface area contributed by atoms with Crippen LogP contribution in [0.2, 0.25) is 0 Å². The van der Waals surface area contributed by atoms with Crippen LogP contribution in [-0.4, -0.2) is 38.5 Å². The zero-order chi connectivity index (χ0) is 9.97. The predicted molar refractivity (Wildman–Crippen MR) is 54.9 cm³/mol. The number of aliphatic hydroxyl groups is 1. The predicted octanol–water partition coefficient (Wildman–Crippen LogP) is -0.00610. The molecule has 1 aromatic heterocycles. The van der Waals surface area contributed by atoms with E-state index in [1.54, 1.807) is 4.68 Å². The fourth-order valence-corrected chi connectivity index (χ4v) is 2.60. The fourth-order valence-electron chi connectivity index (χ4n) is 1.41. The Kier molecular flexibility index (Phi) is 3.05. The van der Waals surface area contributed by atoms with Crippen LogP contribution in [0.3, 0.4) is 0 Å². The first-order chi connectivity index (χ1) is 6.79. The zero-order valence-electron chi connectivity index (χ0n) is 8.05. The summed E-state index contributed by atoms with van der Waals surface area (Å²) >= 11 is 1.85. The van der Waals surface area contributed by atoms with Crippen molar-refractivity contribution in [3.05, 3.63) is 11.9 Å². The van der Waals surface area contributed by atoms with Crippen molar-refractivity contribution in [1.82, 2.24) is 20.3 Å². The summed E-state index contributed by atoms with van der Waals surface area (Å²) in [5.74, 6) is 1.11. The second-order valence-corrected chi connectivity index (χ2v) is 4.55. The van der Waals surface area contributed by atoms with E-state index < -0.39 is 0 Å². The number of aliphatic hydroxyl groups excluding tert-OH is 1. The van der Waals surface area contributed by atoms with Gasteiger partial charge in [0, 0.05) is 11.8 Å². The molecule has 78 valence electrons. The van der Waals surface area contributed by atoms with Gasteiger partial charge in [-0.15, -0.1) is 16.9 Å². The zero-order valence-corrected chi connectivity index (χ0v) is 8.87. The van der Waals surface area contributed by atoms with Gasteiger partial charge < -0.3 is 5.11 Å². The molecule has 1 aromatic rings. The van der Waals surface area contributed by atoms with Crippen LogP contribution in [0.5, 0.6) is 0 Å². The number of nitrogens with one attached hydrogen (secondary N) is 1. The van der Waals surface area contributed by atoms with E-state index in [9.17, 15) is 0 Å². The van der Waals surface area contributed by atoms with E-state index in [2.05, 4.69) is 22.6 Å². The van der Waals surface area contributed by atoms with Crippen LogP contribution >= 0.6 is 11.8 Å². The van der Waals surface area contributed by atoms with E-state index in [0.29, 0.717) is 12.6 Å². The summed E-state index contributed by atoms with van der Waals surface area (Å²) < 4.78 is 1.67. The summed E-state index contributed by atoms with van der Waals surface area (Å²) in [5.41, 5.74) is 0.952. The highest BCUT2D eigenvalue weighted by Gasteiger charge is 2.24. The highest BCUT2D eigenvalue weighted by Crippen LogP contribution is 2.30. The van der Waals surface area contributed by atoms with Crippen molar-refractivity contribution >= 4 is 11.8 Å². The molecule has 2 heterocycles. The molecule has 0 spiro atoms. The van der Waals surface area contributed by atoms with Gasteiger partial charge in [0.05, 0.1) is 24.7 Å². The quantitative estimate of drug-likeness (QED) is 0.741. The molecule has 0 amide bonds. The molecule has 2 rings (SSSR count). The average Bonchev–Trinajstić information content (AvgIpc) is 2.74. The molecule has 1 saturated heterocycles. The monoisotopic (exact) mass is 214 g/mol. The summed E-state index contributed by atoms with van der Waals surface area (Å²) in [4.78, 5) is 0. The number of rotatable bonds is 3. The van der Waals surface area contributed by atoms with Crippen LogP contribution in [0.25, 0.3) is 0 Å². The highest BCUT2D eigenvalue weighted by molar-refractivity contribution is 7.99. The minimum absolute atomic E-state index is 0.102. The van der Waals surface area contributed by atoms with Crippen molar-refractivity contribution < 1.29 is 5.11 Å². The minimum Gasteiger partial charge on any atom is -0.394 e. The van der Waals surface area contributed by atoms with Crippen molar-refractivity contribution in [2.75, 3.05) is 12.4 Å². The lowest BCUT2D eigenvalue weighted by Gasteiger charge is -2.05. The summed E-state index contributed by atoms with van der Waals surface area (Å²) in [6.45, 7) is 2.77. The Morgan fingerprint density at radius 1 is 1.79 bits per heavy atom. The molecule has 0 aromatic carbocycles. The van der Waals surface area contributed by atoms with Crippen LogP contribution in [0.1, 0.15) is 18.0 Å². The van der Waals surface area contributed by atoms with Crippen LogP contribution in [0.4, 0.5) is 0 Å². The van der Waals surface area contributed by atoms with Gasteiger partial charge in [-0.05, 0) is 6.92 Å². The van der Waals surface area contributed by atoms with Crippen molar-refractivity contribution in [2.24, 2.45) is 0 Å². The number of hydrogen-bond acceptors (Lipinski definition) is 5. The molecule has 1 fully saturated rings. The molecule has 0 radical (unpaired) electrons. The van der Waals surface area contributed by atoms with Gasteiger partial charge in [0.1, 0.15) is 5.69 Å². The second-order valence-electron chi connectivity index (χ2n) is 3.41. The first-order valence-corrected chi connectivity index (χ1v) is 5.73. The maximum Gasteiger partial charge on any atom is 0.110 e. The Balaban J connectivity index is 2.02. The van der Waals surface area contributed by atoms with E-state index in [4.69, 9.17) is 5.11 Å². The van der Waals surface area contributed by atoms with Gasteiger partial charge in [0.15, 0.2) is 0 Å². The van der Waals surface area contributed by atoms with E-state index in [1.165, 1.54) is 0 Å². The van der Waals surface area contributed by atoms with Crippen LogP contribution in [0.15, 0.2) is 6.20 Å². The van der Waals surface area contributed by atoms with Crippen molar-refractivity contribution in [1.29, 1.82) is 0 Å². The highest BCUT2D eigenvalue weighted by atomic mass is 32.2. The molecule has 14 heavy (non-hydrogen) atoms. The van der Waals surface area contributed by atoms with Gasteiger partial charge in [-0.1, -0.05) is 5.21 Å². The first kappa shape index (κ1) is 9.95. The molecule has 0 aliphatic carbocycles. The molecule has 2 unspecified atom stereocenters. The van der Waals surface area contributed by atoms with Gasteiger partial charge in [0.25, 0.3) is 0 Å². The minimum atomic E-state index is 0.102. The van der Waals surface area contributed by atoms with E-state index >= 15 is 0 Å². The lowest BCUT2D eigenvalue weighted by atomic mass is 10.3. The van der Waals surface area contributed by atoms with Crippen molar-refractivity contribution in [3.63, 3.8) is 0 Å². The molecule has 2 N–H and O–H groups in total. The number of aromatic nitrogens is 3. The maximum absolute atomic E-state index is 8.73. The Labute approximate surface area is 86.9 Å². The van der Waals surface area contributed by atoms with E-state index in [0.717, 1.165) is 11.4 Å². The lowest BCUT2D eigenvalue weighted by Crippen LogP contribution is -2.22. The van der Waals surface area contributed by atoms with Gasteiger partial charge in [0.2, 0.25) is 0 Å². The maximum atomic E-state index is 8.73. The van der Waals surface area contributed by atoms with Crippen LogP contribution in [-0.2, 0) is 6.54 Å². The summed E-state index contributed by atoms with van der Waals surface area (Å²) in [6.07, 6.45) is 1.89. The first-order valence-electron chi connectivity index (χ1n) is 4.68. The van der Waals surface area contributed by atoms with Crippen molar-refractivity contribution in [3.8, 4) is 0 Å². The molecule has 1 aliphatic heterocycles. The lowest BCUT2D eigenvalue weighted by molar-refractivity contribution is 0.268. The fraction of sp³-hybridized carbons (Fsp3) is 0.750. The standard InChI is InChI=1S/C8H14N4OS/c1-6-5-14-8(9-6)7-4-12(2-3-13)11-10-7/h4,6,8-9,13H,2-3,5H2,1H3. The molecule has 6 heteroatoms. The van der Waals surface area contributed by atoms with Crippen LogP contribution in [0, 0.1) is 0 Å². The molecular weight excluding hydrogens is 200 g/mol. The van der Waals surface area contributed by atoms with E-state index in [1.807, 2.05) is 18.0 Å². The summed E-state index contributed by atoms with van der Waals surface area (Å²) in [5, 5.41) is 20.4. The Morgan fingerprint density at radius 2 is 2.64 bits per heavy atom. The topological polar surface area (TPSA) is 63.0 Å². The van der Waals surface area contributed by atoms with Gasteiger partial charge >= 0.3 is 0 Å². The number of hydrogen-bond donors (Lipinski definition) is 2. The number of thioether (sulfide) groups is 1. The van der Waals surface area contributed by atoms with Gasteiger partial charge in [-0.25, -0.2) is 4.68 Å². The summed E-state index contributed by atoms with van der Waals surface area (Å²) in [6, 6.07) is 0.535. The third-order valence-corrected chi connectivity index (χ3v) is 3.51. The van der Waals surface area contributed by atoms with Crippen LogP contribution < -0.4 is 5.32 Å².